The Labute approximate surface area is 114 Å². The molecule has 0 unspecified atom stereocenters. The maximum absolute atomic E-state index is 13.8. The Morgan fingerprint density at radius 1 is 1.21 bits per heavy atom. The minimum atomic E-state index is -0.921. The molecular formula is C16H22FNO. The van der Waals surface area contributed by atoms with Crippen molar-refractivity contribution in [1.29, 1.82) is 5.26 Å². The van der Waals surface area contributed by atoms with E-state index in [1.807, 2.05) is 0 Å². The number of hydrogen-bond donors (Lipinski definition) is 1. The van der Waals surface area contributed by atoms with E-state index in [4.69, 9.17) is 5.26 Å². The van der Waals surface area contributed by atoms with Gasteiger partial charge in [0.1, 0.15) is 11.9 Å². The van der Waals surface area contributed by atoms with Crippen LogP contribution in [0.3, 0.4) is 0 Å². The van der Waals surface area contributed by atoms with E-state index in [9.17, 15) is 9.50 Å². The summed E-state index contributed by atoms with van der Waals surface area (Å²) in [7, 11) is 0. The lowest BCUT2D eigenvalue weighted by molar-refractivity contribution is 0.281. The van der Waals surface area contributed by atoms with Gasteiger partial charge in [0.2, 0.25) is 0 Å². The highest BCUT2D eigenvalue weighted by Crippen LogP contribution is 2.25. The smallest absolute Gasteiger partial charge is 0.115 e. The number of nitriles is 1. The monoisotopic (exact) mass is 263 g/mol. The lowest BCUT2D eigenvalue weighted by Crippen LogP contribution is -2.07. The number of rotatable bonds is 8. The number of alkyl halides is 1. The lowest BCUT2D eigenvalue weighted by Gasteiger charge is -2.13. The van der Waals surface area contributed by atoms with Gasteiger partial charge in [-0.2, -0.15) is 5.26 Å². The zero-order valence-electron chi connectivity index (χ0n) is 11.5. The predicted molar refractivity (Wildman–Crippen MR) is 74.7 cm³/mol. The number of unbranched alkanes of at least 4 members (excludes halogenated alkanes) is 3. The standard InChI is InChI=1S/C16H22FNO/c1-2-3-4-5-6-15(17)11-14(12-18)13-7-9-16(19)10-8-13/h7-10,14-15,19H,2-6,11H2,1H3/t14-,15+/m1/s1. The van der Waals surface area contributed by atoms with E-state index in [-0.39, 0.29) is 12.2 Å². The summed E-state index contributed by atoms with van der Waals surface area (Å²) in [6, 6.07) is 8.60. The molecule has 1 aromatic carbocycles. The summed E-state index contributed by atoms with van der Waals surface area (Å²) in [5.74, 6) is -0.265. The number of phenols is 1. The molecular weight excluding hydrogens is 241 g/mol. The second-order valence-electron chi connectivity index (χ2n) is 4.96. The van der Waals surface area contributed by atoms with Crippen LogP contribution in [0.2, 0.25) is 0 Å². The molecule has 0 saturated carbocycles. The molecule has 0 amide bonds. The first-order chi connectivity index (χ1) is 9.17. The molecule has 1 N–H and O–H groups in total. The Kier molecular flexibility index (Phi) is 6.95. The summed E-state index contributed by atoms with van der Waals surface area (Å²) in [6.45, 7) is 2.13. The molecule has 0 radical (unpaired) electrons. The van der Waals surface area contributed by atoms with Gasteiger partial charge >= 0.3 is 0 Å². The number of nitrogens with zero attached hydrogens (tertiary/aromatic N) is 1. The van der Waals surface area contributed by atoms with Crippen LogP contribution in [-0.2, 0) is 0 Å². The zero-order chi connectivity index (χ0) is 14.1. The molecule has 0 aromatic heterocycles. The van der Waals surface area contributed by atoms with Crippen molar-refractivity contribution in [3.8, 4) is 11.8 Å². The molecule has 0 heterocycles. The number of phenolic OH excluding ortho intramolecular Hbond substituents is 1. The minimum Gasteiger partial charge on any atom is -0.508 e. The molecule has 0 spiro atoms. The van der Waals surface area contributed by atoms with Gasteiger partial charge in [0, 0.05) is 0 Å². The molecule has 0 aliphatic rings. The molecule has 3 heteroatoms. The molecule has 0 bridgehead atoms. The Hall–Kier alpha value is -1.56. The molecule has 104 valence electrons. The van der Waals surface area contributed by atoms with Gasteiger partial charge in [-0.25, -0.2) is 4.39 Å². The average Bonchev–Trinajstić information content (AvgIpc) is 2.42. The highest BCUT2D eigenvalue weighted by molar-refractivity contribution is 5.31. The fourth-order valence-corrected chi connectivity index (χ4v) is 2.14. The second-order valence-corrected chi connectivity index (χ2v) is 4.96. The third-order valence-electron chi connectivity index (χ3n) is 3.31. The summed E-state index contributed by atoms with van der Waals surface area (Å²) < 4.78 is 13.8. The zero-order valence-corrected chi connectivity index (χ0v) is 11.5. The van der Waals surface area contributed by atoms with Crippen LogP contribution >= 0.6 is 0 Å². The van der Waals surface area contributed by atoms with Crippen LogP contribution in [0.1, 0.15) is 56.9 Å². The van der Waals surface area contributed by atoms with Crippen LogP contribution in [0.4, 0.5) is 4.39 Å². The topological polar surface area (TPSA) is 44.0 Å². The Balaban J connectivity index is 2.44. The van der Waals surface area contributed by atoms with E-state index in [0.29, 0.717) is 6.42 Å². The first-order valence-corrected chi connectivity index (χ1v) is 7.00. The van der Waals surface area contributed by atoms with Crippen molar-refractivity contribution in [3.05, 3.63) is 29.8 Å². The maximum atomic E-state index is 13.8. The second kappa shape index (κ2) is 8.53. The van der Waals surface area contributed by atoms with E-state index in [0.717, 1.165) is 31.2 Å². The Morgan fingerprint density at radius 3 is 2.47 bits per heavy atom. The van der Waals surface area contributed by atoms with E-state index in [1.54, 1.807) is 12.1 Å². The van der Waals surface area contributed by atoms with Gasteiger partial charge in [0.25, 0.3) is 0 Å². The fraction of sp³-hybridized carbons (Fsp3) is 0.562. The lowest BCUT2D eigenvalue weighted by atomic mass is 9.93. The largest absolute Gasteiger partial charge is 0.508 e. The summed E-state index contributed by atoms with van der Waals surface area (Å²) >= 11 is 0. The van der Waals surface area contributed by atoms with Crippen LogP contribution in [-0.4, -0.2) is 11.3 Å². The quantitative estimate of drug-likeness (QED) is 0.691. The highest BCUT2D eigenvalue weighted by atomic mass is 19.1. The van der Waals surface area contributed by atoms with Crippen molar-refractivity contribution in [2.75, 3.05) is 0 Å². The highest BCUT2D eigenvalue weighted by Gasteiger charge is 2.17. The minimum absolute atomic E-state index is 0.164. The SMILES string of the molecule is CCCCCC[C@H](F)C[C@H](C#N)c1ccc(O)cc1. The van der Waals surface area contributed by atoms with Gasteiger partial charge in [-0.1, -0.05) is 44.7 Å². The summed E-state index contributed by atoms with van der Waals surface area (Å²) in [6.07, 6.45) is 4.10. The fourth-order valence-electron chi connectivity index (χ4n) is 2.14. The van der Waals surface area contributed by atoms with Crippen molar-refractivity contribution in [3.63, 3.8) is 0 Å². The molecule has 2 atom stereocenters. The molecule has 0 aliphatic carbocycles. The Bertz CT molecular complexity index is 396. The van der Waals surface area contributed by atoms with Crippen molar-refractivity contribution >= 4 is 0 Å². The molecule has 2 nitrogen and oxygen atoms in total. The molecule has 0 fully saturated rings. The first-order valence-electron chi connectivity index (χ1n) is 7.00. The molecule has 0 aliphatic heterocycles. The van der Waals surface area contributed by atoms with Gasteiger partial charge in [-0.3, -0.25) is 0 Å². The van der Waals surface area contributed by atoms with Crippen molar-refractivity contribution < 1.29 is 9.50 Å². The van der Waals surface area contributed by atoms with Gasteiger partial charge in [0.05, 0.1) is 12.0 Å². The van der Waals surface area contributed by atoms with Gasteiger partial charge in [-0.15, -0.1) is 0 Å². The predicted octanol–water partition coefficient (Wildman–Crippen LogP) is 4.70. The van der Waals surface area contributed by atoms with Crippen molar-refractivity contribution in [2.45, 2.75) is 57.5 Å². The summed E-state index contributed by atoms with van der Waals surface area (Å²) in [5, 5.41) is 18.3. The molecule has 0 saturated heterocycles. The number of aromatic hydroxyl groups is 1. The number of halogens is 1. The third kappa shape index (κ3) is 5.74. The van der Waals surface area contributed by atoms with Crippen LogP contribution in [0.15, 0.2) is 24.3 Å². The van der Waals surface area contributed by atoms with E-state index in [1.165, 1.54) is 12.1 Å². The van der Waals surface area contributed by atoms with Gasteiger partial charge in [-0.05, 0) is 30.5 Å². The summed E-state index contributed by atoms with van der Waals surface area (Å²) in [4.78, 5) is 0. The number of benzene rings is 1. The maximum Gasteiger partial charge on any atom is 0.115 e. The first kappa shape index (κ1) is 15.5. The third-order valence-corrected chi connectivity index (χ3v) is 3.31. The van der Waals surface area contributed by atoms with E-state index < -0.39 is 12.1 Å². The van der Waals surface area contributed by atoms with Crippen LogP contribution in [0.5, 0.6) is 5.75 Å². The Morgan fingerprint density at radius 2 is 1.89 bits per heavy atom. The molecule has 1 aromatic rings. The average molecular weight is 263 g/mol. The van der Waals surface area contributed by atoms with Crippen molar-refractivity contribution in [2.24, 2.45) is 0 Å². The van der Waals surface area contributed by atoms with E-state index in [2.05, 4.69) is 13.0 Å². The van der Waals surface area contributed by atoms with E-state index >= 15 is 0 Å². The number of hydrogen-bond acceptors (Lipinski definition) is 2. The molecule has 19 heavy (non-hydrogen) atoms. The van der Waals surface area contributed by atoms with Gasteiger partial charge < -0.3 is 5.11 Å². The van der Waals surface area contributed by atoms with Crippen LogP contribution in [0.25, 0.3) is 0 Å². The molecule has 1 rings (SSSR count). The van der Waals surface area contributed by atoms with Crippen LogP contribution in [0, 0.1) is 11.3 Å². The van der Waals surface area contributed by atoms with Crippen LogP contribution < -0.4 is 0 Å². The summed E-state index contributed by atoms with van der Waals surface area (Å²) in [5.41, 5.74) is 0.775. The van der Waals surface area contributed by atoms with Crippen molar-refractivity contribution in [1.82, 2.24) is 0 Å². The van der Waals surface area contributed by atoms with Gasteiger partial charge in [0.15, 0.2) is 0 Å². The normalized spacial score (nSPS) is 13.7.